The maximum Gasteiger partial charge on any atom is 0.224 e. The van der Waals surface area contributed by atoms with E-state index >= 15 is 0 Å². The van der Waals surface area contributed by atoms with E-state index in [1.54, 1.807) is 0 Å². The summed E-state index contributed by atoms with van der Waals surface area (Å²) in [5.74, 6) is 0.557. The van der Waals surface area contributed by atoms with Crippen LogP contribution in [0.3, 0.4) is 0 Å². The summed E-state index contributed by atoms with van der Waals surface area (Å²) >= 11 is 5.73. The van der Waals surface area contributed by atoms with Gasteiger partial charge >= 0.3 is 0 Å². The Morgan fingerprint density at radius 1 is 1.29 bits per heavy atom. The van der Waals surface area contributed by atoms with E-state index in [4.69, 9.17) is 17.3 Å². The molecule has 88 valence electrons. The minimum atomic E-state index is 0.101. The van der Waals surface area contributed by atoms with Gasteiger partial charge in [0.25, 0.3) is 0 Å². The molecule has 1 atom stereocenters. The zero-order chi connectivity index (χ0) is 12.3. The molecule has 1 aromatic heterocycles. The molecule has 17 heavy (non-hydrogen) atoms. The fourth-order valence-corrected chi connectivity index (χ4v) is 1.65. The van der Waals surface area contributed by atoms with Gasteiger partial charge in [0.15, 0.2) is 5.82 Å². The third kappa shape index (κ3) is 2.85. The summed E-state index contributed by atoms with van der Waals surface area (Å²) < 4.78 is 0. The van der Waals surface area contributed by atoms with E-state index in [9.17, 15) is 0 Å². The first kappa shape index (κ1) is 11.7. The largest absolute Gasteiger partial charge is 0.394 e. The fraction of sp³-hybridized carbons (Fsp3) is 0.167. The lowest BCUT2D eigenvalue weighted by Gasteiger charge is -2.15. The summed E-state index contributed by atoms with van der Waals surface area (Å²) in [6.45, 7) is 2.03. The van der Waals surface area contributed by atoms with E-state index in [1.165, 1.54) is 6.20 Å². The normalized spacial score (nSPS) is 12.1. The molecule has 0 aliphatic carbocycles. The second kappa shape index (κ2) is 5.01. The van der Waals surface area contributed by atoms with Crippen molar-refractivity contribution in [2.24, 2.45) is 0 Å². The van der Waals surface area contributed by atoms with Crippen molar-refractivity contribution in [2.75, 3.05) is 11.1 Å². The predicted octanol–water partition coefficient (Wildman–Crippen LogP) is 2.89. The van der Waals surface area contributed by atoms with Crippen molar-refractivity contribution >= 4 is 23.1 Å². The molecule has 0 bridgehead atoms. The van der Waals surface area contributed by atoms with Crippen LogP contribution in [0.4, 0.5) is 11.5 Å². The van der Waals surface area contributed by atoms with Crippen molar-refractivity contribution in [3.05, 3.63) is 47.4 Å². The lowest BCUT2D eigenvalue weighted by Crippen LogP contribution is -2.10. The first-order valence-electron chi connectivity index (χ1n) is 5.26. The Bertz CT molecular complexity index is 501. The molecule has 0 aliphatic heterocycles. The van der Waals surface area contributed by atoms with E-state index in [0.717, 1.165) is 5.56 Å². The van der Waals surface area contributed by atoms with Crippen molar-refractivity contribution in [1.82, 2.24) is 9.97 Å². The smallest absolute Gasteiger partial charge is 0.224 e. The highest BCUT2D eigenvalue weighted by atomic mass is 35.5. The van der Waals surface area contributed by atoms with E-state index in [-0.39, 0.29) is 11.3 Å². The maximum atomic E-state index is 5.77. The minimum absolute atomic E-state index is 0.101. The summed E-state index contributed by atoms with van der Waals surface area (Å²) in [7, 11) is 0. The average molecular weight is 249 g/mol. The van der Waals surface area contributed by atoms with Gasteiger partial charge in [-0.15, -0.1) is 0 Å². The molecule has 1 aromatic carbocycles. The molecule has 1 heterocycles. The van der Waals surface area contributed by atoms with Crippen LogP contribution in [-0.2, 0) is 0 Å². The Hall–Kier alpha value is -1.81. The van der Waals surface area contributed by atoms with Crippen molar-refractivity contribution in [1.29, 1.82) is 0 Å². The van der Waals surface area contributed by atoms with Crippen LogP contribution >= 0.6 is 11.6 Å². The van der Waals surface area contributed by atoms with Gasteiger partial charge in [-0.05, 0) is 24.1 Å². The van der Waals surface area contributed by atoms with Crippen LogP contribution < -0.4 is 11.1 Å². The maximum absolute atomic E-state index is 5.77. The molecule has 0 radical (unpaired) electrons. The van der Waals surface area contributed by atoms with Gasteiger partial charge in [-0.25, -0.2) is 4.98 Å². The number of nitrogens with zero attached hydrogens (tertiary/aromatic N) is 2. The number of hydrogen-bond donors (Lipinski definition) is 2. The molecule has 0 saturated heterocycles. The van der Waals surface area contributed by atoms with Gasteiger partial charge in [-0.1, -0.05) is 30.3 Å². The summed E-state index contributed by atoms with van der Waals surface area (Å²) in [5, 5.41) is 3.39. The van der Waals surface area contributed by atoms with E-state index in [2.05, 4.69) is 15.3 Å². The van der Waals surface area contributed by atoms with Gasteiger partial charge in [0.1, 0.15) is 0 Å². The van der Waals surface area contributed by atoms with Crippen LogP contribution in [0.15, 0.2) is 36.5 Å². The molecule has 2 rings (SSSR count). The number of aromatic nitrogens is 2. The second-order valence-electron chi connectivity index (χ2n) is 3.72. The molecule has 1 unspecified atom stereocenters. The zero-order valence-electron chi connectivity index (χ0n) is 9.39. The van der Waals surface area contributed by atoms with E-state index < -0.39 is 0 Å². The van der Waals surface area contributed by atoms with Crippen LogP contribution in [0, 0.1) is 0 Å². The highest BCUT2D eigenvalue weighted by molar-refractivity contribution is 6.28. The third-order valence-electron chi connectivity index (χ3n) is 2.44. The van der Waals surface area contributed by atoms with Crippen LogP contribution in [0.25, 0.3) is 0 Å². The zero-order valence-corrected chi connectivity index (χ0v) is 10.1. The van der Waals surface area contributed by atoms with Crippen LogP contribution in [0.2, 0.25) is 5.28 Å². The van der Waals surface area contributed by atoms with Crippen LogP contribution in [-0.4, -0.2) is 9.97 Å². The fourth-order valence-electron chi connectivity index (χ4n) is 1.52. The Balaban J connectivity index is 2.18. The minimum Gasteiger partial charge on any atom is -0.394 e. The lowest BCUT2D eigenvalue weighted by atomic mass is 10.1. The number of nitrogen functional groups attached to an aromatic ring is 1. The first-order valence-corrected chi connectivity index (χ1v) is 5.64. The quantitative estimate of drug-likeness (QED) is 0.820. The first-order chi connectivity index (χ1) is 8.16. The third-order valence-corrected chi connectivity index (χ3v) is 2.62. The number of anilines is 2. The topological polar surface area (TPSA) is 63.8 Å². The number of nitrogens with one attached hydrogen (secondary N) is 1. The van der Waals surface area contributed by atoms with E-state index in [1.807, 2.05) is 37.3 Å². The molecule has 0 fully saturated rings. The molecule has 0 amide bonds. The Morgan fingerprint density at radius 3 is 2.71 bits per heavy atom. The molecule has 3 N–H and O–H groups in total. The Morgan fingerprint density at radius 2 is 2.00 bits per heavy atom. The molecular formula is C12H13ClN4. The van der Waals surface area contributed by atoms with E-state index in [0.29, 0.717) is 11.5 Å². The molecule has 0 spiro atoms. The molecule has 0 saturated carbocycles. The lowest BCUT2D eigenvalue weighted by molar-refractivity contribution is 0.873. The van der Waals surface area contributed by atoms with Gasteiger partial charge in [0.2, 0.25) is 5.28 Å². The predicted molar refractivity (Wildman–Crippen MR) is 69.9 cm³/mol. The monoisotopic (exact) mass is 248 g/mol. The van der Waals surface area contributed by atoms with Crippen molar-refractivity contribution in [3.63, 3.8) is 0 Å². The summed E-state index contributed by atoms with van der Waals surface area (Å²) in [4.78, 5) is 7.87. The number of rotatable bonds is 3. The second-order valence-corrected chi connectivity index (χ2v) is 4.06. The van der Waals surface area contributed by atoms with Gasteiger partial charge in [0, 0.05) is 0 Å². The van der Waals surface area contributed by atoms with Gasteiger partial charge in [0.05, 0.1) is 17.9 Å². The molecule has 5 heteroatoms. The molecular weight excluding hydrogens is 236 g/mol. The summed E-state index contributed by atoms with van der Waals surface area (Å²) in [6, 6.07) is 10.1. The number of benzene rings is 1. The van der Waals surface area contributed by atoms with Gasteiger partial charge < -0.3 is 11.1 Å². The van der Waals surface area contributed by atoms with Gasteiger partial charge in [-0.2, -0.15) is 4.98 Å². The number of nitrogens with two attached hydrogens (primary N) is 1. The summed E-state index contributed by atoms with van der Waals surface area (Å²) in [5.41, 5.74) is 7.41. The SMILES string of the molecule is CC(Nc1nc(Cl)ncc1N)c1ccccc1. The van der Waals surface area contributed by atoms with Crippen molar-refractivity contribution in [2.45, 2.75) is 13.0 Å². The number of halogens is 1. The van der Waals surface area contributed by atoms with Crippen molar-refractivity contribution in [3.8, 4) is 0 Å². The Labute approximate surface area is 105 Å². The average Bonchev–Trinajstić information content (AvgIpc) is 2.35. The standard InChI is InChI=1S/C12H13ClN4/c1-8(9-5-3-2-4-6-9)16-11-10(14)7-15-12(13)17-11/h2-8H,14H2,1H3,(H,15,16,17). The molecule has 0 aliphatic rings. The molecule has 4 nitrogen and oxygen atoms in total. The summed E-state index contributed by atoms with van der Waals surface area (Å²) in [6.07, 6.45) is 1.50. The van der Waals surface area contributed by atoms with Crippen LogP contribution in [0.5, 0.6) is 0 Å². The van der Waals surface area contributed by atoms with Crippen molar-refractivity contribution < 1.29 is 0 Å². The van der Waals surface area contributed by atoms with Crippen LogP contribution in [0.1, 0.15) is 18.5 Å². The Kier molecular flexibility index (Phi) is 3.44. The number of hydrogen-bond acceptors (Lipinski definition) is 4. The molecule has 2 aromatic rings. The highest BCUT2D eigenvalue weighted by Crippen LogP contribution is 2.22. The van der Waals surface area contributed by atoms with Gasteiger partial charge in [-0.3, -0.25) is 0 Å². The highest BCUT2D eigenvalue weighted by Gasteiger charge is 2.08.